The van der Waals surface area contributed by atoms with Gasteiger partial charge in [0.05, 0.1) is 22.3 Å². The Morgan fingerprint density at radius 2 is 1.72 bits per heavy atom. The fourth-order valence-electron chi connectivity index (χ4n) is 3.61. The first-order chi connectivity index (χ1) is 15.6. The molecule has 5 nitrogen and oxygen atoms in total. The van der Waals surface area contributed by atoms with E-state index in [2.05, 4.69) is 25.7 Å². The second kappa shape index (κ2) is 9.43. The summed E-state index contributed by atoms with van der Waals surface area (Å²) in [6, 6.07) is 17.4. The van der Waals surface area contributed by atoms with E-state index in [9.17, 15) is 4.79 Å². The van der Waals surface area contributed by atoms with Crippen LogP contribution in [0.15, 0.2) is 85.5 Å². The molecular formula is C27H26N4O. The molecule has 2 heterocycles. The van der Waals surface area contributed by atoms with E-state index in [1.54, 1.807) is 10.8 Å². The van der Waals surface area contributed by atoms with Gasteiger partial charge in [-0.3, -0.25) is 4.79 Å². The topological polar surface area (TPSA) is 59.8 Å². The van der Waals surface area contributed by atoms with Crippen molar-refractivity contribution in [3.63, 3.8) is 0 Å². The molecule has 0 fully saturated rings. The number of aromatic nitrogens is 3. The van der Waals surface area contributed by atoms with Gasteiger partial charge in [-0.2, -0.15) is 5.10 Å². The third kappa shape index (κ3) is 4.23. The summed E-state index contributed by atoms with van der Waals surface area (Å²) >= 11 is 0. The molecule has 5 heteroatoms. The van der Waals surface area contributed by atoms with Crippen LogP contribution in [0.25, 0.3) is 28.0 Å². The quantitative estimate of drug-likeness (QED) is 0.271. The van der Waals surface area contributed by atoms with Gasteiger partial charge in [-0.05, 0) is 24.6 Å². The van der Waals surface area contributed by atoms with Crippen LogP contribution in [-0.4, -0.2) is 20.7 Å². The van der Waals surface area contributed by atoms with Crippen molar-refractivity contribution in [2.24, 2.45) is 0 Å². The molecule has 32 heavy (non-hydrogen) atoms. The van der Waals surface area contributed by atoms with Crippen molar-refractivity contribution in [3.8, 4) is 0 Å². The third-order valence-corrected chi connectivity index (χ3v) is 5.51. The lowest BCUT2D eigenvalue weighted by Crippen LogP contribution is -2.15. The first-order valence-corrected chi connectivity index (χ1v) is 10.8. The smallest absolute Gasteiger partial charge is 0.258 e. The number of hydrogen-bond acceptors (Lipinski definition) is 3. The lowest BCUT2D eigenvalue weighted by Gasteiger charge is -2.11. The van der Waals surface area contributed by atoms with Crippen molar-refractivity contribution >= 4 is 39.7 Å². The van der Waals surface area contributed by atoms with Crippen LogP contribution < -0.4 is 5.32 Å². The summed E-state index contributed by atoms with van der Waals surface area (Å²) in [6.45, 7) is 7.93. The number of fused-ring (bicyclic) bond motifs is 2. The molecule has 1 unspecified atom stereocenters. The van der Waals surface area contributed by atoms with Crippen LogP contribution in [0, 0.1) is 0 Å². The van der Waals surface area contributed by atoms with E-state index in [0.29, 0.717) is 11.4 Å². The Morgan fingerprint density at radius 3 is 2.34 bits per heavy atom. The van der Waals surface area contributed by atoms with Gasteiger partial charge in [-0.25, -0.2) is 9.67 Å². The van der Waals surface area contributed by atoms with E-state index in [-0.39, 0.29) is 11.8 Å². The normalized spacial score (nSPS) is 12.7. The Balaban J connectivity index is 1.79. The highest BCUT2D eigenvalue weighted by atomic mass is 16.1. The molecule has 0 radical (unpaired) electrons. The number of carbonyl (C=O) groups excluding carboxylic acids is 1. The first kappa shape index (κ1) is 21.2. The molecule has 0 saturated heterocycles. The summed E-state index contributed by atoms with van der Waals surface area (Å²) in [4.78, 5) is 18.3. The van der Waals surface area contributed by atoms with Gasteiger partial charge in [0.1, 0.15) is 5.82 Å². The Kier molecular flexibility index (Phi) is 6.26. The summed E-state index contributed by atoms with van der Waals surface area (Å²) in [7, 11) is 0. The van der Waals surface area contributed by atoms with E-state index in [1.165, 1.54) is 0 Å². The van der Waals surface area contributed by atoms with Gasteiger partial charge in [-0.15, -0.1) is 0 Å². The van der Waals surface area contributed by atoms with Gasteiger partial charge in [0.2, 0.25) is 0 Å². The predicted molar refractivity (Wildman–Crippen MR) is 133 cm³/mol. The highest BCUT2D eigenvalue weighted by Gasteiger charge is 2.19. The largest absolute Gasteiger partial charge is 0.306 e. The van der Waals surface area contributed by atoms with E-state index in [4.69, 9.17) is 10.1 Å². The molecule has 0 aliphatic carbocycles. The van der Waals surface area contributed by atoms with E-state index < -0.39 is 0 Å². The van der Waals surface area contributed by atoms with Crippen molar-refractivity contribution < 1.29 is 4.79 Å². The number of nitrogens with zero attached hydrogens (tertiary/aromatic N) is 3. The van der Waals surface area contributed by atoms with Crippen molar-refractivity contribution in [3.05, 3.63) is 96.7 Å². The van der Waals surface area contributed by atoms with Crippen molar-refractivity contribution in [2.75, 3.05) is 5.32 Å². The fourth-order valence-corrected chi connectivity index (χ4v) is 3.61. The molecule has 4 rings (SSSR count). The molecule has 1 amide bonds. The van der Waals surface area contributed by atoms with Crippen LogP contribution in [0.5, 0.6) is 0 Å². The first-order valence-electron chi connectivity index (χ1n) is 10.8. The molecule has 1 atom stereocenters. The number of benzene rings is 2. The van der Waals surface area contributed by atoms with Crippen LogP contribution in [0.1, 0.15) is 42.2 Å². The zero-order valence-corrected chi connectivity index (χ0v) is 18.3. The number of rotatable bonds is 7. The standard InChI is InChI=1S/C27H26N4O/c1-4-6-7-12-17-31-25(18-24(30-31)19(3)5-2)29-27(32)26-20-13-8-10-15-22(20)28-23-16-11-9-14-21(23)26/h4,6-19H,1,5H2,2-3H3,(H,29,32)/b7-6-,17-12+. The minimum Gasteiger partial charge on any atom is -0.306 e. The van der Waals surface area contributed by atoms with Gasteiger partial charge in [0, 0.05) is 29.0 Å². The van der Waals surface area contributed by atoms with Crippen LogP contribution >= 0.6 is 0 Å². The van der Waals surface area contributed by atoms with Crippen LogP contribution in [0.3, 0.4) is 0 Å². The third-order valence-electron chi connectivity index (χ3n) is 5.51. The molecule has 0 spiro atoms. The Morgan fingerprint density at radius 1 is 1.06 bits per heavy atom. The average molecular weight is 423 g/mol. The summed E-state index contributed by atoms with van der Waals surface area (Å²) in [5.41, 5.74) is 3.13. The number of hydrogen-bond donors (Lipinski definition) is 1. The van der Waals surface area contributed by atoms with E-state index >= 15 is 0 Å². The molecule has 0 aliphatic rings. The molecular weight excluding hydrogens is 396 g/mol. The van der Waals surface area contributed by atoms with Crippen molar-refractivity contribution in [1.82, 2.24) is 14.8 Å². The zero-order valence-electron chi connectivity index (χ0n) is 18.3. The Bertz CT molecular complexity index is 1290. The lowest BCUT2D eigenvalue weighted by molar-refractivity contribution is 0.102. The van der Waals surface area contributed by atoms with Crippen LogP contribution in [0.2, 0.25) is 0 Å². The minimum atomic E-state index is -0.188. The lowest BCUT2D eigenvalue weighted by atomic mass is 10.0. The molecule has 0 saturated carbocycles. The Hall–Kier alpha value is -3.99. The zero-order chi connectivity index (χ0) is 22.5. The fraction of sp³-hybridized carbons (Fsp3) is 0.148. The maximum Gasteiger partial charge on any atom is 0.258 e. The molecule has 4 aromatic rings. The van der Waals surface area contributed by atoms with Crippen molar-refractivity contribution in [1.29, 1.82) is 0 Å². The number of allylic oxidation sites excluding steroid dienone is 4. The summed E-state index contributed by atoms with van der Waals surface area (Å²) < 4.78 is 1.71. The van der Waals surface area contributed by atoms with Gasteiger partial charge in [0.25, 0.3) is 5.91 Å². The molecule has 2 aromatic carbocycles. The summed E-state index contributed by atoms with van der Waals surface area (Å²) in [6.07, 6.45) is 10.1. The van der Waals surface area contributed by atoms with Gasteiger partial charge >= 0.3 is 0 Å². The number of carbonyl (C=O) groups is 1. The predicted octanol–water partition coefficient (Wildman–Crippen LogP) is 6.56. The second-order valence-electron chi connectivity index (χ2n) is 7.65. The number of amides is 1. The minimum absolute atomic E-state index is 0.188. The van der Waals surface area contributed by atoms with E-state index in [0.717, 1.165) is 33.9 Å². The molecule has 160 valence electrons. The number of para-hydroxylation sites is 2. The highest BCUT2D eigenvalue weighted by Crippen LogP contribution is 2.28. The number of nitrogens with one attached hydrogen (secondary N) is 1. The summed E-state index contributed by atoms with van der Waals surface area (Å²) in [5.74, 6) is 0.719. The molecule has 0 aliphatic heterocycles. The van der Waals surface area contributed by atoms with Crippen molar-refractivity contribution in [2.45, 2.75) is 26.2 Å². The van der Waals surface area contributed by atoms with Crippen LogP contribution in [0.4, 0.5) is 5.82 Å². The van der Waals surface area contributed by atoms with Crippen LogP contribution in [-0.2, 0) is 0 Å². The van der Waals surface area contributed by atoms with Gasteiger partial charge in [-0.1, -0.05) is 75.1 Å². The number of pyridine rings is 1. The maximum atomic E-state index is 13.6. The van der Waals surface area contributed by atoms with Gasteiger partial charge in [0.15, 0.2) is 0 Å². The van der Waals surface area contributed by atoms with Gasteiger partial charge < -0.3 is 5.32 Å². The SMILES string of the molecule is C=C/C=C\C=C\n1nc(C(C)CC)cc1NC(=O)c1c2ccccc2nc2ccccc12. The highest BCUT2D eigenvalue weighted by molar-refractivity contribution is 6.20. The molecule has 1 N–H and O–H groups in total. The second-order valence-corrected chi connectivity index (χ2v) is 7.65. The molecule has 0 bridgehead atoms. The average Bonchev–Trinajstić information content (AvgIpc) is 3.22. The maximum absolute atomic E-state index is 13.6. The Labute approximate surface area is 187 Å². The number of anilines is 1. The van der Waals surface area contributed by atoms with E-state index in [1.807, 2.05) is 79.0 Å². The molecule has 2 aromatic heterocycles. The summed E-state index contributed by atoms with van der Waals surface area (Å²) in [5, 5.41) is 9.42. The monoisotopic (exact) mass is 422 g/mol.